The minimum Gasteiger partial charge on any atom is -0.272 e. The van der Waals surface area contributed by atoms with E-state index in [0.29, 0.717) is 0 Å². The second-order valence-corrected chi connectivity index (χ2v) is 4.95. The van der Waals surface area contributed by atoms with Crippen molar-refractivity contribution in [2.24, 2.45) is 0 Å². The highest BCUT2D eigenvalue weighted by Gasteiger charge is 2.17. The van der Waals surface area contributed by atoms with Crippen molar-refractivity contribution in [3.05, 3.63) is 0 Å². The quantitative estimate of drug-likeness (QED) is 0.642. The molecule has 0 aromatic carbocycles. The maximum absolute atomic E-state index is 2.62. The first-order chi connectivity index (χ1) is 5.45. The molecule has 2 saturated heterocycles. The average molecular weight is 209 g/mol. The first-order valence-electron chi connectivity index (χ1n) is 4.71. The summed E-state index contributed by atoms with van der Waals surface area (Å²) in [6.07, 6.45) is 5.73. The molecule has 0 radical (unpaired) electrons. The van der Waals surface area contributed by atoms with Gasteiger partial charge in [0, 0.05) is 35.1 Å². The van der Waals surface area contributed by atoms with Gasteiger partial charge in [0.2, 0.25) is 0 Å². The molecule has 0 spiro atoms. The number of hydrogen-bond donors (Lipinski definition) is 0. The zero-order valence-electron chi connectivity index (χ0n) is 7.46. The van der Waals surface area contributed by atoms with Crippen LogP contribution in [0, 0.1) is 0 Å². The Morgan fingerprint density at radius 1 is 0.667 bits per heavy atom. The second-order valence-electron chi connectivity index (χ2n) is 3.49. The topological polar surface area (TPSA) is 6.48 Å². The predicted molar refractivity (Wildman–Crippen MR) is 57.2 cm³/mol. The molecule has 0 atom stereocenters. The van der Waals surface area contributed by atoms with E-state index in [1.54, 1.807) is 0 Å². The lowest BCUT2D eigenvalue weighted by atomic mass is 10.4. The zero-order chi connectivity index (χ0) is 7.52. The van der Waals surface area contributed by atoms with Gasteiger partial charge >= 0.3 is 0 Å². The maximum atomic E-state index is 2.62. The standard InChI is InChI=1S/C8H17N2P.ClH/c1-2-6-9(5-1)11-10-7-3-4-8-10;/h11H,1-8H2;1H. The van der Waals surface area contributed by atoms with Crippen LogP contribution in [0.4, 0.5) is 0 Å². The van der Waals surface area contributed by atoms with Crippen LogP contribution in [-0.2, 0) is 0 Å². The van der Waals surface area contributed by atoms with Gasteiger partial charge in [0.15, 0.2) is 0 Å². The highest BCUT2D eigenvalue weighted by molar-refractivity contribution is 7.32. The molecule has 0 N–H and O–H groups in total. The molecule has 0 aromatic heterocycles. The summed E-state index contributed by atoms with van der Waals surface area (Å²) >= 11 is 0. The Balaban J connectivity index is 0.000000720. The molecule has 2 nitrogen and oxygen atoms in total. The van der Waals surface area contributed by atoms with Gasteiger partial charge in [-0.15, -0.1) is 12.4 Å². The minimum absolute atomic E-state index is 0. The van der Waals surface area contributed by atoms with Crippen molar-refractivity contribution in [2.75, 3.05) is 26.2 Å². The smallest absolute Gasteiger partial charge is 0.0240 e. The molecule has 0 aliphatic carbocycles. The van der Waals surface area contributed by atoms with Crippen molar-refractivity contribution >= 4 is 21.3 Å². The Morgan fingerprint density at radius 2 is 1.00 bits per heavy atom. The van der Waals surface area contributed by atoms with E-state index >= 15 is 0 Å². The van der Waals surface area contributed by atoms with Gasteiger partial charge in [-0.2, -0.15) is 0 Å². The second kappa shape index (κ2) is 5.39. The SMILES string of the molecule is C1CCN(PN2CCCC2)C1.Cl. The summed E-state index contributed by atoms with van der Waals surface area (Å²) in [5, 5.41) is 0. The molecule has 12 heavy (non-hydrogen) atoms. The molecule has 2 aliphatic rings. The van der Waals surface area contributed by atoms with Crippen molar-refractivity contribution in [2.45, 2.75) is 25.7 Å². The van der Waals surface area contributed by atoms with Crippen molar-refractivity contribution < 1.29 is 0 Å². The van der Waals surface area contributed by atoms with Crippen LogP contribution in [0.3, 0.4) is 0 Å². The number of halogens is 1. The van der Waals surface area contributed by atoms with E-state index in [9.17, 15) is 0 Å². The van der Waals surface area contributed by atoms with Gasteiger partial charge in [0.05, 0.1) is 0 Å². The summed E-state index contributed by atoms with van der Waals surface area (Å²) in [4.78, 5) is 0. The molecule has 72 valence electrons. The number of hydrogen-bond acceptors (Lipinski definition) is 2. The van der Waals surface area contributed by atoms with E-state index in [1.165, 1.54) is 51.9 Å². The molecule has 0 aromatic rings. The van der Waals surface area contributed by atoms with Crippen LogP contribution in [0.5, 0.6) is 0 Å². The monoisotopic (exact) mass is 208 g/mol. The van der Waals surface area contributed by atoms with E-state index in [2.05, 4.69) is 9.34 Å². The van der Waals surface area contributed by atoms with Crippen LogP contribution < -0.4 is 0 Å². The predicted octanol–water partition coefficient (Wildman–Crippen LogP) is 2.11. The highest BCUT2D eigenvalue weighted by atomic mass is 35.5. The first-order valence-corrected chi connectivity index (χ1v) is 5.61. The molecular formula is C8H18ClN2P. The summed E-state index contributed by atoms with van der Waals surface area (Å²) < 4.78 is 5.23. The van der Waals surface area contributed by atoms with Crippen LogP contribution in [0.25, 0.3) is 0 Å². The summed E-state index contributed by atoms with van der Waals surface area (Å²) in [5.74, 6) is 0. The van der Waals surface area contributed by atoms with Crippen molar-refractivity contribution in [1.29, 1.82) is 0 Å². The van der Waals surface area contributed by atoms with E-state index < -0.39 is 0 Å². The summed E-state index contributed by atoms with van der Waals surface area (Å²) in [7, 11) is 1.01. The third-order valence-corrected chi connectivity index (χ3v) is 3.96. The lowest BCUT2D eigenvalue weighted by Gasteiger charge is -2.21. The van der Waals surface area contributed by atoms with Crippen LogP contribution in [0.15, 0.2) is 0 Å². The van der Waals surface area contributed by atoms with Gasteiger partial charge in [-0.05, 0) is 25.7 Å². The molecule has 0 amide bonds. The zero-order valence-corrected chi connectivity index (χ0v) is 9.28. The summed E-state index contributed by atoms with van der Waals surface area (Å²) in [5.41, 5.74) is 0. The number of nitrogens with zero attached hydrogens (tertiary/aromatic N) is 2. The summed E-state index contributed by atoms with van der Waals surface area (Å²) in [6.45, 7) is 5.42. The van der Waals surface area contributed by atoms with Crippen LogP contribution >= 0.6 is 21.3 Å². The van der Waals surface area contributed by atoms with Crippen LogP contribution in [0.1, 0.15) is 25.7 Å². The van der Waals surface area contributed by atoms with Crippen molar-refractivity contribution in [3.8, 4) is 0 Å². The molecule has 0 unspecified atom stereocenters. The molecule has 2 fully saturated rings. The Kier molecular flexibility index (Phi) is 4.81. The van der Waals surface area contributed by atoms with E-state index in [0.717, 1.165) is 8.88 Å². The molecule has 2 aliphatic heterocycles. The third kappa shape index (κ3) is 2.85. The fourth-order valence-electron chi connectivity index (χ4n) is 1.83. The van der Waals surface area contributed by atoms with Crippen LogP contribution in [0.2, 0.25) is 0 Å². The third-order valence-electron chi connectivity index (χ3n) is 2.49. The highest BCUT2D eigenvalue weighted by Crippen LogP contribution is 2.30. The normalized spacial score (nSPS) is 26.0. The Hall–Kier alpha value is 0.640. The fourth-order valence-corrected chi connectivity index (χ4v) is 3.27. The Labute approximate surface area is 83.0 Å². The average Bonchev–Trinajstić information content (AvgIpc) is 2.60. The van der Waals surface area contributed by atoms with Gasteiger partial charge in [0.25, 0.3) is 0 Å². The lowest BCUT2D eigenvalue weighted by Crippen LogP contribution is -2.17. The Morgan fingerprint density at radius 3 is 1.33 bits per heavy atom. The molecule has 0 bridgehead atoms. The van der Waals surface area contributed by atoms with Gasteiger partial charge in [-0.25, -0.2) is 0 Å². The largest absolute Gasteiger partial charge is 0.272 e. The lowest BCUT2D eigenvalue weighted by molar-refractivity contribution is 0.492. The van der Waals surface area contributed by atoms with Gasteiger partial charge in [-0.3, -0.25) is 9.34 Å². The first kappa shape index (κ1) is 10.7. The Bertz CT molecular complexity index is 108. The van der Waals surface area contributed by atoms with Gasteiger partial charge in [0.1, 0.15) is 0 Å². The minimum atomic E-state index is 0. The molecule has 4 heteroatoms. The molecule has 2 heterocycles. The molecule has 2 rings (SSSR count). The van der Waals surface area contributed by atoms with Crippen molar-refractivity contribution in [3.63, 3.8) is 0 Å². The molecular weight excluding hydrogens is 191 g/mol. The van der Waals surface area contributed by atoms with Gasteiger partial charge < -0.3 is 0 Å². The van der Waals surface area contributed by atoms with Gasteiger partial charge in [-0.1, -0.05) is 0 Å². The van der Waals surface area contributed by atoms with Crippen LogP contribution in [-0.4, -0.2) is 35.5 Å². The van der Waals surface area contributed by atoms with E-state index in [4.69, 9.17) is 0 Å². The number of rotatable bonds is 2. The fraction of sp³-hybridized carbons (Fsp3) is 1.00. The summed E-state index contributed by atoms with van der Waals surface area (Å²) in [6, 6.07) is 0. The maximum Gasteiger partial charge on any atom is 0.0240 e. The van der Waals surface area contributed by atoms with E-state index in [-0.39, 0.29) is 12.4 Å². The van der Waals surface area contributed by atoms with E-state index in [1.807, 2.05) is 0 Å². The van der Waals surface area contributed by atoms with Crippen molar-refractivity contribution in [1.82, 2.24) is 9.34 Å². The molecule has 0 saturated carbocycles.